The van der Waals surface area contributed by atoms with Crippen LogP contribution in [0.2, 0.25) is 0 Å². The summed E-state index contributed by atoms with van der Waals surface area (Å²) in [5.41, 5.74) is 6.84. The van der Waals surface area contributed by atoms with Gasteiger partial charge in [-0.2, -0.15) is 4.98 Å². The summed E-state index contributed by atoms with van der Waals surface area (Å²) >= 11 is 1.71. The van der Waals surface area contributed by atoms with Crippen molar-refractivity contribution in [3.63, 3.8) is 0 Å². The lowest BCUT2D eigenvalue weighted by Crippen LogP contribution is -2.31. The van der Waals surface area contributed by atoms with Crippen LogP contribution in [0.5, 0.6) is 0 Å². The van der Waals surface area contributed by atoms with E-state index in [-0.39, 0.29) is 5.41 Å². The van der Waals surface area contributed by atoms with E-state index in [2.05, 4.69) is 55.2 Å². The fraction of sp³-hybridized carbons (Fsp3) is 0.467. The molecule has 0 fully saturated rings. The molecule has 0 spiro atoms. The van der Waals surface area contributed by atoms with Crippen LogP contribution in [0.4, 0.5) is 0 Å². The number of aromatic nitrogens is 2. The SMILES string of the molecule is CCC(C)(CN)c1nc(CSc2cccc(C)c2)no1. The molecule has 0 saturated carbocycles. The zero-order valence-electron chi connectivity index (χ0n) is 12.2. The molecule has 20 heavy (non-hydrogen) atoms. The van der Waals surface area contributed by atoms with Crippen molar-refractivity contribution in [1.82, 2.24) is 10.1 Å². The van der Waals surface area contributed by atoms with Gasteiger partial charge in [0.05, 0.1) is 11.2 Å². The normalized spacial score (nSPS) is 14.2. The minimum Gasteiger partial charge on any atom is -0.339 e. The molecule has 108 valence electrons. The molecule has 0 aliphatic rings. The van der Waals surface area contributed by atoms with Crippen LogP contribution in [0.15, 0.2) is 33.7 Å². The van der Waals surface area contributed by atoms with Crippen molar-refractivity contribution in [3.05, 3.63) is 41.5 Å². The Hall–Kier alpha value is -1.33. The highest BCUT2D eigenvalue weighted by molar-refractivity contribution is 7.98. The summed E-state index contributed by atoms with van der Waals surface area (Å²) in [4.78, 5) is 5.70. The van der Waals surface area contributed by atoms with Gasteiger partial charge < -0.3 is 10.3 Å². The first-order valence-electron chi connectivity index (χ1n) is 6.80. The average molecular weight is 291 g/mol. The van der Waals surface area contributed by atoms with Crippen molar-refractivity contribution in [2.75, 3.05) is 6.54 Å². The maximum Gasteiger partial charge on any atom is 0.233 e. The lowest BCUT2D eigenvalue weighted by molar-refractivity contribution is 0.289. The molecule has 0 radical (unpaired) electrons. The van der Waals surface area contributed by atoms with Gasteiger partial charge in [-0.1, -0.05) is 29.8 Å². The third-order valence-electron chi connectivity index (χ3n) is 3.57. The van der Waals surface area contributed by atoms with Crippen molar-refractivity contribution in [3.8, 4) is 0 Å². The van der Waals surface area contributed by atoms with Crippen molar-refractivity contribution < 1.29 is 4.52 Å². The van der Waals surface area contributed by atoms with Crippen LogP contribution in [0.3, 0.4) is 0 Å². The molecular weight excluding hydrogens is 270 g/mol. The number of benzene rings is 1. The van der Waals surface area contributed by atoms with Gasteiger partial charge in [0.15, 0.2) is 5.82 Å². The molecule has 2 N–H and O–H groups in total. The van der Waals surface area contributed by atoms with Crippen molar-refractivity contribution >= 4 is 11.8 Å². The number of rotatable bonds is 6. The molecule has 1 aromatic heterocycles. The zero-order chi connectivity index (χ0) is 14.6. The molecule has 0 saturated heterocycles. The Morgan fingerprint density at radius 1 is 1.40 bits per heavy atom. The first kappa shape index (κ1) is 15.1. The van der Waals surface area contributed by atoms with E-state index in [0.29, 0.717) is 18.2 Å². The minimum absolute atomic E-state index is 0.223. The lowest BCUT2D eigenvalue weighted by atomic mass is 9.88. The Kier molecular flexibility index (Phi) is 4.83. The Morgan fingerprint density at radius 2 is 2.20 bits per heavy atom. The van der Waals surface area contributed by atoms with Gasteiger partial charge in [-0.25, -0.2) is 0 Å². The van der Waals surface area contributed by atoms with Crippen LogP contribution in [0.1, 0.15) is 37.5 Å². The second-order valence-electron chi connectivity index (χ2n) is 5.24. The van der Waals surface area contributed by atoms with E-state index in [1.54, 1.807) is 11.8 Å². The lowest BCUT2D eigenvalue weighted by Gasteiger charge is -2.20. The highest BCUT2D eigenvalue weighted by Gasteiger charge is 2.29. The molecule has 4 nitrogen and oxygen atoms in total. The summed E-state index contributed by atoms with van der Waals surface area (Å²) in [5.74, 6) is 2.07. The highest BCUT2D eigenvalue weighted by Crippen LogP contribution is 2.27. The third-order valence-corrected chi connectivity index (χ3v) is 4.56. The largest absolute Gasteiger partial charge is 0.339 e. The van der Waals surface area contributed by atoms with Gasteiger partial charge in [-0.05, 0) is 32.4 Å². The quantitative estimate of drug-likeness (QED) is 0.827. The number of nitrogens with zero attached hydrogens (tertiary/aromatic N) is 2. The van der Waals surface area contributed by atoms with Crippen LogP contribution >= 0.6 is 11.8 Å². The van der Waals surface area contributed by atoms with Gasteiger partial charge in [-0.15, -0.1) is 11.8 Å². The summed E-state index contributed by atoms with van der Waals surface area (Å²) in [6.45, 7) is 6.73. The summed E-state index contributed by atoms with van der Waals surface area (Å²) in [6, 6.07) is 8.39. The molecular formula is C15H21N3OS. The first-order valence-corrected chi connectivity index (χ1v) is 7.78. The molecule has 0 bridgehead atoms. The molecule has 2 rings (SSSR count). The van der Waals surface area contributed by atoms with Crippen LogP contribution < -0.4 is 5.73 Å². The van der Waals surface area contributed by atoms with E-state index in [1.807, 2.05) is 0 Å². The van der Waals surface area contributed by atoms with Crippen molar-refractivity contribution in [1.29, 1.82) is 0 Å². The van der Waals surface area contributed by atoms with Gasteiger partial charge in [0.25, 0.3) is 0 Å². The molecule has 5 heteroatoms. The maximum absolute atomic E-state index is 5.81. The Morgan fingerprint density at radius 3 is 2.85 bits per heavy atom. The van der Waals surface area contributed by atoms with E-state index in [0.717, 1.165) is 12.2 Å². The van der Waals surface area contributed by atoms with Gasteiger partial charge in [0.2, 0.25) is 5.89 Å². The molecule has 0 aliphatic carbocycles. The predicted molar refractivity (Wildman–Crippen MR) is 81.7 cm³/mol. The highest BCUT2D eigenvalue weighted by atomic mass is 32.2. The number of aryl methyl sites for hydroxylation is 1. The average Bonchev–Trinajstić information content (AvgIpc) is 2.94. The van der Waals surface area contributed by atoms with Crippen LogP contribution in [0, 0.1) is 6.92 Å². The van der Waals surface area contributed by atoms with Gasteiger partial charge in [0, 0.05) is 11.4 Å². The van der Waals surface area contributed by atoms with E-state index in [4.69, 9.17) is 10.3 Å². The van der Waals surface area contributed by atoms with Crippen LogP contribution in [-0.2, 0) is 11.2 Å². The fourth-order valence-electron chi connectivity index (χ4n) is 1.79. The molecule has 1 aromatic carbocycles. The monoisotopic (exact) mass is 291 g/mol. The second-order valence-corrected chi connectivity index (χ2v) is 6.29. The predicted octanol–water partition coefficient (Wildman–Crippen LogP) is 3.30. The topological polar surface area (TPSA) is 64.9 Å². The van der Waals surface area contributed by atoms with Crippen molar-refractivity contribution in [2.45, 2.75) is 43.3 Å². The van der Waals surface area contributed by atoms with Crippen molar-refractivity contribution in [2.24, 2.45) is 5.73 Å². The minimum atomic E-state index is -0.223. The molecule has 0 aliphatic heterocycles. The summed E-state index contributed by atoms with van der Waals surface area (Å²) in [5, 5.41) is 4.05. The number of thioether (sulfide) groups is 1. The fourth-order valence-corrected chi connectivity index (χ4v) is 2.65. The number of hydrogen-bond acceptors (Lipinski definition) is 5. The molecule has 1 unspecified atom stereocenters. The number of hydrogen-bond donors (Lipinski definition) is 1. The smallest absolute Gasteiger partial charge is 0.233 e. The van der Waals surface area contributed by atoms with E-state index < -0.39 is 0 Å². The number of nitrogens with two attached hydrogens (primary N) is 1. The maximum atomic E-state index is 5.81. The van der Waals surface area contributed by atoms with Crippen LogP contribution in [-0.4, -0.2) is 16.7 Å². The summed E-state index contributed by atoms with van der Waals surface area (Å²) in [6.07, 6.45) is 0.885. The Labute approximate surface area is 124 Å². The van der Waals surface area contributed by atoms with Gasteiger partial charge in [-0.3, -0.25) is 0 Å². The molecule has 1 atom stereocenters. The Bertz CT molecular complexity index is 564. The van der Waals surface area contributed by atoms with Gasteiger partial charge >= 0.3 is 0 Å². The standard InChI is InChI=1S/C15H21N3OS/c1-4-15(3,10-16)14-17-13(18-19-14)9-20-12-7-5-6-11(2)8-12/h5-8H,4,9-10,16H2,1-3H3. The molecule has 1 heterocycles. The van der Waals surface area contributed by atoms with Gasteiger partial charge in [0.1, 0.15) is 0 Å². The molecule has 2 aromatic rings. The molecule has 0 amide bonds. The summed E-state index contributed by atoms with van der Waals surface area (Å²) < 4.78 is 5.37. The van der Waals surface area contributed by atoms with E-state index in [1.165, 1.54) is 10.5 Å². The second kappa shape index (κ2) is 6.41. The van der Waals surface area contributed by atoms with E-state index in [9.17, 15) is 0 Å². The zero-order valence-corrected chi connectivity index (χ0v) is 13.0. The van der Waals surface area contributed by atoms with Crippen LogP contribution in [0.25, 0.3) is 0 Å². The first-order chi connectivity index (χ1) is 9.57. The Balaban J connectivity index is 2.03. The third kappa shape index (κ3) is 3.41. The summed E-state index contributed by atoms with van der Waals surface area (Å²) in [7, 11) is 0. The van der Waals surface area contributed by atoms with E-state index >= 15 is 0 Å².